The molecule has 0 atom stereocenters. The molecule has 0 spiro atoms. The number of carbonyl (C=O) groups excluding carboxylic acids is 2. The van der Waals surface area contributed by atoms with E-state index in [1.165, 1.54) is 25.6 Å². The van der Waals surface area contributed by atoms with Crippen molar-refractivity contribution in [3.63, 3.8) is 0 Å². The monoisotopic (exact) mass is 428 g/mol. The maximum Gasteiger partial charge on any atom is 0.306 e. The first kappa shape index (κ1) is 23.3. The van der Waals surface area contributed by atoms with Crippen LogP contribution in [-0.2, 0) is 24.3 Å². The van der Waals surface area contributed by atoms with Crippen LogP contribution in [0.3, 0.4) is 0 Å². The maximum atomic E-state index is 13.0. The molecule has 2 rings (SSSR count). The number of amides is 1. The summed E-state index contributed by atoms with van der Waals surface area (Å²) >= 11 is 0. The van der Waals surface area contributed by atoms with Crippen LogP contribution in [0.5, 0.6) is 0 Å². The zero-order valence-electron chi connectivity index (χ0n) is 16.8. The molecular formula is C20H29FN2O5S. The Hall–Kier alpha value is -2.00. The van der Waals surface area contributed by atoms with Gasteiger partial charge in [-0.05, 0) is 43.5 Å². The predicted octanol–water partition coefficient (Wildman–Crippen LogP) is 2.56. The van der Waals surface area contributed by atoms with Gasteiger partial charge < -0.3 is 9.64 Å². The highest BCUT2D eigenvalue weighted by Gasteiger charge is 2.21. The molecular weight excluding hydrogens is 399 g/mol. The average molecular weight is 429 g/mol. The van der Waals surface area contributed by atoms with Crippen LogP contribution in [-0.4, -0.2) is 62.8 Å². The summed E-state index contributed by atoms with van der Waals surface area (Å²) in [5.41, 5.74) is 0. The van der Waals surface area contributed by atoms with E-state index in [0.29, 0.717) is 13.1 Å². The molecule has 0 unspecified atom stereocenters. The molecule has 1 heterocycles. The molecule has 0 aliphatic carbocycles. The average Bonchev–Trinajstić information content (AvgIpc) is 2.66. The molecule has 0 N–H and O–H groups in total. The summed E-state index contributed by atoms with van der Waals surface area (Å²) in [6.45, 7) is 1.22. The summed E-state index contributed by atoms with van der Waals surface area (Å²) in [6, 6.07) is 4.57. The highest BCUT2D eigenvalue weighted by atomic mass is 32.2. The minimum Gasteiger partial charge on any atom is -0.456 e. The Kier molecular flexibility index (Phi) is 9.03. The second-order valence-corrected chi connectivity index (χ2v) is 9.24. The highest BCUT2D eigenvalue weighted by Crippen LogP contribution is 2.15. The van der Waals surface area contributed by atoms with Gasteiger partial charge in [0.1, 0.15) is 5.82 Å². The number of sulfonamides is 1. The third kappa shape index (κ3) is 7.40. The topological polar surface area (TPSA) is 84.0 Å². The number of carbonyl (C=O) groups is 2. The molecule has 162 valence electrons. The van der Waals surface area contributed by atoms with Crippen molar-refractivity contribution in [2.24, 2.45) is 0 Å². The number of hydrogen-bond donors (Lipinski definition) is 0. The normalized spacial score (nSPS) is 15.6. The molecule has 0 radical (unpaired) electrons. The number of nitrogens with zero attached hydrogens (tertiary/aromatic N) is 2. The Labute approximate surface area is 171 Å². The summed E-state index contributed by atoms with van der Waals surface area (Å²) in [5, 5.41) is 0. The van der Waals surface area contributed by atoms with Crippen molar-refractivity contribution >= 4 is 21.9 Å². The van der Waals surface area contributed by atoms with Crippen LogP contribution < -0.4 is 0 Å². The third-order valence-corrected chi connectivity index (χ3v) is 6.81. The number of likely N-dealkylation sites (tertiary alicyclic amines) is 1. The van der Waals surface area contributed by atoms with Crippen molar-refractivity contribution in [1.82, 2.24) is 9.21 Å². The SMILES string of the molecule is CN(CCCC(=O)OCC(=O)N1CCCCCCC1)S(=O)(=O)c1ccc(F)cc1. The Morgan fingerprint density at radius 2 is 1.66 bits per heavy atom. The first-order valence-electron chi connectivity index (χ1n) is 9.96. The van der Waals surface area contributed by atoms with E-state index in [-0.39, 0.29) is 36.8 Å². The van der Waals surface area contributed by atoms with Crippen LogP contribution in [0.15, 0.2) is 29.2 Å². The molecule has 0 bridgehead atoms. The van der Waals surface area contributed by atoms with E-state index < -0.39 is 21.8 Å². The van der Waals surface area contributed by atoms with Crippen LogP contribution in [0.1, 0.15) is 44.9 Å². The van der Waals surface area contributed by atoms with Crippen LogP contribution in [0.4, 0.5) is 4.39 Å². The lowest BCUT2D eigenvalue weighted by Gasteiger charge is -2.24. The van der Waals surface area contributed by atoms with Crippen LogP contribution in [0.25, 0.3) is 0 Å². The summed E-state index contributed by atoms with van der Waals surface area (Å²) in [6.07, 6.45) is 5.62. The van der Waals surface area contributed by atoms with Gasteiger partial charge in [-0.2, -0.15) is 0 Å². The molecule has 1 amide bonds. The fraction of sp³-hybridized carbons (Fsp3) is 0.600. The van der Waals surface area contributed by atoms with Gasteiger partial charge in [0.15, 0.2) is 6.61 Å². The quantitative estimate of drug-likeness (QED) is 0.594. The van der Waals surface area contributed by atoms with Crippen molar-refractivity contribution in [2.75, 3.05) is 33.3 Å². The van der Waals surface area contributed by atoms with Crippen LogP contribution in [0, 0.1) is 5.82 Å². The smallest absolute Gasteiger partial charge is 0.306 e. The van der Waals surface area contributed by atoms with Gasteiger partial charge in [0.25, 0.3) is 5.91 Å². The lowest BCUT2D eigenvalue weighted by Crippen LogP contribution is -2.37. The molecule has 1 aliphatic heterocycles. The predicted molar refractivity (Wildman–Crippen MR) is 106 cm³/mol. The van der Waals surface area contributed by atoms with Gasteiger partial charge in [-0.25, -0.2) is 17.1 Å². The van der Waals surface area contributed by atoms with Crippen molar-refractivity contribution in [3.8, 4) is 0 Å². The van der Waals surface area contributed by atoms with Gasteiger partial charge in [0, 0.05) is 33.1 Å². The van der Waals surface area contributed by atoms with Crippen molar-refractivity contribution in [1.29, 1.82) is 0 Å². The Bertz CT molecular complexity index is 775. The van der Waals surface area contributed by atoms with E-state index in [0.717, 1.165) is 42.1 Å². The summed E-state index contributed by atoms with van der Waals surface area (Å²) in [7, 11) is -2.35. The van der Waals surface area contributed by atoms with E-state index in [1.54, 1.807) is 4.90 Å². The molecule has 1 fully saturated rings. The Morgan fingerprint density at radius 3 is 2.28 bits per heavy atom. The maximum absolute atomic E-state index is 13.0. The highest BCUT2D eigenvalue weighted by molar-refractivity contribution is 7.89. The molecule has 0 aromatic heterocycles. The van der Waals surface area contributed by atoms with E-state index in [9.17, 15) is 22.4 Å². The Balaban J connectivity index is 1.71. The molecule has 1 aliphatic rings. The van der Waals surface area contributed by atoms with Gasteiger partial charge in [0.05, 0.1) is 4.90 Å². The number of esters is 1. The van der Waals surface area contributed by atoms with E-state index >= 15 is 0 Å². The van der Waals surface area contributed by atoms with Crippen LogP contribution >= 0.6 is 0 Å². The lowest BCUT2D eigenvalue weighted by atomic mass is 10.1. The molecule has 9 heteroatoms. The molecule has 1 aromatic carbocycles. The summed E-state index contributed by atoms with van der Waals surface area (Å²) in [5.74, 6) is -1.23. The van der Waals surface area contributed by atoms with Gasteiger partial charge in [-0.1, -0.05) is 19.3 Å². The minimum atomic E-state index is -3.75. The largest absolute Gasteiger partial charge is 0.456 e. The first-order chi connectivity index (χ1) is 13.8. The fourth-order valence-electron chi connectivity index (χ4n) is 3.16. The summed E-state index contributed by atoms with van der Waals surface area (Å²) in [4.78, 5) is 25.8. The van der Waals surface area contributed by atoms with E-state index in [4.69, 9.17) is 4.74 Å². The standard InChI is InChI=1S/C20H29FN2O5S/c1-22(29(26,27)18-11-9-17(21)10-12-18)13-7-8-20(25)28-16-19(24)23-14-5-3-2-4-6-15-23/h9-12H,2-8,13-16H2,1H3. The van der Waals surface area contributed by atoms with Gasteiger partial charge >= 0.3 is 5.97 Å². The molecule has 7 nitrogen and oxygen atoms in total. The number of benzene rings is 1. The van der Waals surface area contributed by atoms with E-state index in [1.807, 2.05) is 0 Å². The molecule has 1 aromatic rings. The van der Waals surface area contributed by atoms with Crippen molar-refractivity contribution < 1.29 is 27.1 Å². The number of rotatable bonds is 8. The zero-order valence-corrected chi connectivity index (χ0v) is 17.6. The van der Waals surface area contributed by atoms with Gasteiger partial charge in [0.2, 0.25) is 10.0 Å². The first-order valence-corrected chi connectivity index (χ1v) is 11.4. The van der Waals surface area contributed by atoms with E-state index in [2.05, 4.69) is 0 Å². The van der Waals surface area contributed by atoms with Crippen LogP contribution in [0.2, 0.25) is 0 Å². The molecule has 0 saturated carbocycles. The molecule has 29 heavy (non-hydrogen) atoms. The fourth-order valence-corrected chi connectivity index (χ4v) is 4.36. The number of halogens is 1. The van der Waals surface area contributed by atoms with Gasteiger partial charge in [-0.15, -0.1) is 0 Å². The second-order valence-electron chi connectivity index (χ2n) is 7.19. The summed E-state index contributed by atoms with van der Waals surface area (Å²) < 4.78 is 43.9. The van der Waals surface area contributed by atoms with Gasteiger partial charge in [-0.3, -0.25) is 9.59 Å². The minimum absolute atomic E-state index is 0.0105. The van der Waals surface area contributed by atoms with Crippen molar-refractivity contribution in [3.05, 3.63) is 30.1 Å². The molecule has 1 saturated heterocycles. The second kappa shape index (κ2) is 11.3. The zero-order chi connectivity index (χ0) is 21.3. The Morgan fingerprint density at radius 1 is 1.07 bits per heavy atom. The van der Waals surface area contributed by atoms with Crippen molar-refractivity contribution in [2.45, 2.75) is 49.8 Å². The third-order valence-electron chi connectivity index (χ3n) is 4.94. The lowest BCUT2D eigenvalue weighted by molar-refractivity contribution is -0.152. The number of hydrogen-bond acceptors (Lipinski definition) is 5. The number of ether oxygens (including phenoxy) is 1.